The van der Waals surface area contributed by atoms with E-state index in [-0.39, 0.29) is 5.91 Å². The third-order valence-electron chi connectivity index (χ3n) is 2.33. The van der Waals surface area contributed by atoms with Gasteiger partial charge in [0.15, 0.2) is 0 Å². The fourth-order valence-electron chi connectivity index (χ4n) is 1.55. The van der Waals surface area contributed by atoms with Crippen LogP contribution in [-0.4, -0.2) is 30.9 Å². The summed E-state index contributed by atoms with van der Waals surface area (Å²) in [6.45, 7) is 2.22. The second-order valence-electron chi connectivity index (χ2n) is 3.42. The number of carbonyl (C=O) groups is 1. The van der Waals surface area contributed by atoms with Crippen LogP contribution >= 0.6 is 0 Å². The van der Waals surface area contributed by atoms with Crippen LogP contribution in [0, 0.1) is 5.92 Å². The minimum absolute atomic E-state index is 0.153. The van der Waals surface area contributed by atoms with Crippen molar-refractivity contribution in [1.82, 2.24) is 4.90 Å². The first-order chi connectivity index (χ1) is 5.18. The predicted octanol–water partition coefficient (Wildman–Crippen LogP) is 0.204. The van der Waals surface area contributed by atoms with E-state index in [9.17, 15) is 4.79 Å². The molecule has 0 bridgehead atoms. The zero-order chi connectivity index (χ0) is 8.27. The number of piperidine rings is 1. The van der Waals surface area contributed by atoms with Gasteiger partial charge in [0.05, 0.1) is 0 Å². The van der Waals surface area contributed by atoms with Crippen LogP contribution in [0.25, 0.3) is 0 Å². The van der Waals surface area contributed by atoms with Gasteiger partial charge >= 0.3 is 0 Å². The molecule has 3 heteroatoms. The SMILES string of the molecule is CN1CCC(CC(N)=O)CC1. The van der Waals surface area contributed by atoms with Gasteiger partial charge in [-0.3, -0.25) is 4.79 Å². The summed E-state index contributed by atoms with van der Waals surface area (Å²) in [6, 6.07) is 0. The van der Waals surface area contributed by atoms with Gasteiger partial charge in [0, 0.05) is 6.42 Å². The second-order valence-corrected chi connectivity index (χ2v) is 3.42. The van der Waals surface area contributed by atoms with Crippen LogP contribution in [0.3, 0.4) is 0 Å². The van der Waals surface area contributed by atoms with E-state index < -0.39 is 0 Å². The second kappa shape index (κ2) is 3.72. The summed E-state index contributed by atoms with van der Waals surface area (Å²) in [5, 5.41) is 0. The highest BCUT2D eigenvalue weighted by Crippen LogP contribution is 2.18. The topological polar surface area (TPSA) is 46.3 Å². The van der Waals surface area contributed by atoms with Gasteiger partial charge in [-0.25, -0.2) is 0 Å². The molecule has 11 heavy (non-hydrogen) atoms. The van der Waals surface area contributed by atoms with Crippen molar-refractivity contribution in [3.63, 3.8) is 0 Å². The quantitative estimate of drug-likeness (QED) is 0.621. The third kappa shape index (κ3) is 2.89. The standard InChI is InChI=1S/C8H16N2O/c1-10-4-2-7(3-5-10)6-8(9)11/h7H,2-6H2,1H3,(H2,9,11). The first-order valence-corrected chi connectivity index (χ1v) is 4.15. The summed E-state index contributed by atoms with van der Waals surface area (Å²) in [6.07, 6.45) is 2.83. The minimum Gasteiger partial charge on any atom is -0.370 e. The molecule has 1 aliphatic heterocycles. The van der Waals surface area contributed by atoms with Gasteiger partial charge in [0.2, 0.25) is 5.91 Å². The lowest BCUT2D eigenvalue weighted by atomic mass is 9.94. The fraction of sp³-hybridized carbons (Fsp3) is 0.875. The maximum absolute atomic E-state index is 10.6. The number of nitrogens with two attached hydrogens (primary N) is 1. The van der Waals surface area contributed by atoms with Gasteiger partial charge in [-0.05, 0) is 38.9 Å². The molecule has 1 aliphatic rings. The Bertz CT molecular complexity index is 139. The lowest BCUT2D eigenvalue weighted by molar-refractivity contribution is -0.119. The smallest absolute Gasteiger partial charge is 0.217 e. The Morgan fingerprint density at radius 1 is 1.55 bits per heavy atom. The molecule has 0 saturated carbocycles. The number of hydrogen-bond donors (Lipinski definition) is 1. The maximum Gasteiger partial charge on any atom is 0.217 e. The lowest BCUT2D eigenvalue weighted by Gasteiger charge is -2.27. The van der Waals surface area contributed by atoms with Crippen molar-refractivity contribution in [2.24, 2.45) is 11.7 Å². The van der Waals surface area contributed by atoms with Gasteiger partial charge in [-0.1, -0.05) is 0 Å². The summed E-state index contributed by atoms with van der Waals surface area (Å²) in [5.41, 5.74) is 5.11. The lowest BCUT2D eigenvalue weighted by Crippen LogP contribution is -2.32. The Morgan fingerprint density at radius 3 is 2.55 bits per heavy atom. The van der Waals surface area contributed by atoms with Crippen LogP contribution in [0.15, 0.2) is 0 Å². The number of amides is 1. The number of primary amides is 1. The van der Waals surface area contributed by atoms with Crippen LogP contribution in [0.1, 0.15) is 19.3 Å². The molecule has 1 rings (SSSR count). The van der Waals surface area contributed by atoms with Crippen molar-refractivity contribution in [2.45, 2.75) is 19.3 Å². The fourth-order valence-corrected chi connectivity index (χ4v) is 1.55. The van der Waals surface area contributed by atoms with Crippen LogP contribution in [0.4, 0.5) is 0 Å². The van der Waals surface area contributed by atoms with Crippen LogP contribution in [0.2, 0.25) is 0 Å². The summed E-state index contributed by atoms with van der Waals surface area (Å²) in [7, 11) is 2.11. The highest BCUT2D eigenvalue weighted by Gasteiger charge is 2.17. The number of nitrogens with zero attached hydrogens (tertiary/aromatic N) is 1. The molecule has 1 amide bonds. The van der Waals surface area contributed by atoms with E-state index in [0.29, 0.717) is 12.3 Å². The first-order valence-electron chi connectivity index (χ1n) is 4.15. The van der Waals surface area contributed by atoms with Crippen molar-refractivity contribution in [3.05, 3.63) is 0 Å². The summed E-state index contributed by atoms with van der Waals surface area (Å²) in [5.74, 6) is 0.392. The Labute approximate surface area is 67.5 Å². The molecule has 0 aromatic heterocycles. The van der Waals surface area contributed by atoms with Crippen molar-refractivity contribution in [2.75, 3.05) is 20.1 Å². The van der Waals surface area contributed by atoms with Crippen LogP contribution in [-0.2, 0) is 4.79 Å². The van der Waals surface area contributed by atoms with E-state index in [0.717, 1.165) is 25.9 Å². The van der Waals surface area contributed by atoms with E-state index in [1.165, 1.54) is 0 Å². The molecule has 0 aromatic carbocycles. The molecule has 0 atom stereocenters. The van der Waals surface area contributed by atoms with E-state index in [1.54, 1.807) is 0 Å². The van der Waals surface area contributed by atoms with Gasteiger partial charge in [0.25, 0.3) is 0 Å². The summed E-state index contributed by atoms with van der Waals surface area (Å²) < 4.78 is 0. The average molecular weight is 156 g/mol. The molecule has 0 aliphatic carbocycles. The number of carbonyl (C=O) groups excluding carboxylic acids is 1. The van der Waals surface area contributed by atoms with Gasteiger partial charge < -0.3 is 10.6 Å². The molecular weight excluding hydrogens is 140 g/mol. The monoisotopic (exact) mass is 156 g/mol. The Morgan fingerprint density at radius 2 is 2.09 bits per heavy atom. The maximum atomic E-state index is 10.6. The molecular formula is C8H16N2O. The van der Waals surface area contributed by atoms with Crippen molar-refractivity contribution in [1.29, 1.82) is 0 Å². The molecule has 0 radical (unpaired) electrons. The number of likely N-dealkylation sites (tertiary alicyclic amines) is 1. The Hall–Kier alpha value is -0.570. The highest BCUT2D eigenvalue weighted by atomic mass is 16.1. The molecule has 1 heterocycles. The highest BCUT2D eigenvalue weighted by molar-refractivity contribution is 5.73. The van der Waals surface area contributed by atoms with E-state index in [2.05, 4.69) is 11.9 Å². The number of hydrogen-bond acceptors (Lipinski definition) is 2. The van der Waals surface area contributed by atoms with E-state index in [1.807, 2.05) is 0 Å². The van der Waals surface area contributed by atoms with Crippen molar-refractivity contribution >= 4 is 5.91 Å². The Kier molecular flexibility index (Phi) is 2.88. The van der Waals surface area contributed by atoms with Crippen molar-refractivity contribution < 1.29 is 4.79 Å². The van der Waals surface area contributed by atoms with E-state index in [4.69, 9.17) is 5.73 Å². The third-order valence-corrected chi connectivity index (χ3v) is 2.33. The van der Waals surface area contributed by atoms with Crippen LogP contribution < -0.4 is 5.73 Å². The molecule has 0 spiro atoms. The van der Waals surface area contributed by atoms with Gasteiger partial charge in [-0.15, -0.1) is 0 Å². The summed E-state index contributed by atoms with van der Waals surface area (Å²) >= 11 is 0. The minimum atomic E-state index is -0.153. The van der Waals surface area contributed by atoms with Gasteiger partial charge in [0.1, 0.15) is 0 Å². The van der Waals surface area contributed by atoms with Crippen LogP contribution in [0.5, 0.6) is 0 Å². The predicted molar refractivity (Wildman–Crippen MR) is 44.0 cm³/mol. The first kappa shape index (κ1) is 8.53. The Balaban J connectivity index is 2.22. The number of rotatable bonds is 2. The zero-order valence-electron chi connectivity index (χ0n) is 7.05. The summed E-state index contributed by atoms with van der Waals surface area (Å²) in [4.78, 5) is 12.8. The normalized spacial score (nSPS) is 21.9. The van der Waals surface area contributed by atoms with E-state index >= 15 is 0 Å². The molecule has 2 N–H and O–H groups in total. The molecule has 64 valence electrons. The average Bonchev–Trinajstić information content (AvgIpc) is 1.93. The molecule has 1 fully saturated rings. The molecule has 3 nitrogen and oxygen atoms in total. The van der Waals surface area contributed by atoms with Gasteiger partial charge in [-0.2, -0.15) is 0 Å². The largest absolute Gasteiger partial charge is 0.370 e. The zero-order valence-corrected chi connectivity index (χ0v) is 7.05. The molecule has 0 unspecified atom stereocenters. The molecule has 0 aromatic rings. The van der Waals surface area contributed by atoms with Crippen molar-refractivity contribution in [3.8, 4) is 0 Å². The molecule has 1 saturated heterocycles.